The fraction of sp³-hybridized carbons (Fsp3) is 0.182. The molecule has 0 aliphatic carbocycles. The van der Waals surface area contributed by atoms with Crippen molar-refractivity contribution >= 4 is 17.0 Å². The van der Waals surface area contributed by atoms with Gasteiger partial charge < -0.3 is 4.74 Å². The second-order valence-electron chi connectivity index (χ2n) is 2.98. The molecule has 0 bridgehead atoms. The lowest BCUT2D eigenvalue weighted by Gasteiger charge is -2.02. The highest BCUT2D eigenvalue weighted by molar-refractivity contribution is 5.93. The van der Waals surface area contributed by atoms with E-state index in [1.807, 2.05) is 0 Å². The highest BCUT2D eigenvalue weighted by atomic mass is 16.5. The van der Waals surface area contributed by atoms with Crippen LogP contribution in [0.4, 0.5) is 0 Å². The van der Waals surface area contributed by atoms with Crippen molar-refractivity contribution in [1.82, 2.24) is 9.97 Å². The summed E-state index contributed by atoms with van der Waals surface area (Å²) in [6, 6.07) is 5.13. The number of hydrogen-bond acceptors (Lipinski definition) is 4. The number of carbonyl (C=O) groups is 1. The Morgan fingerprint density at radius 3 is 2.73 bits per heavy atom. The van der Waals surface area contributed by atoms with E-state index in [2.05, 4.69) is 9.97 Å². The van der Waals surface area contributed by atoms with E-state index in [0.717, 1.165) is 5.52 Å². The van der Waals surface area contributed by atoms with Crippen molar-refractivity contribution in [2.45, 2.75) is 6.92 Å². The zero-order valence-electron chi connectivity index (χ0n) is 8.30. The van der Waals surface area contributed by atoms with Crippen molar-refractivity contribution in [1.29, 1.82) is 0 Å². The molecule has 0 aliphatic rings. The zero-order valence-corrected chi connectivity index (χ0v) is 8.30. The molecular weight excluding hydrogens is 192 g/mol. The van der Waals surface area contributed by atoms with E-state index in [0.29, 0.717) is 17.7 Å². The lowest BCUT2D eigenvalue weighted by atomic mass is 10.2. The summed E-state index contributed by atoms with van der Waals surface area (Å²) in [5, 5.41) is 0. The lowest BCUT2D eigenvalue weighted by molar-refractivity contribution is 0.0526. The first kappa shape index (κ1) is 9.58. The maximum Gasteiger partial charge on any atom is 0.338 e. The van der Waals surface area contributed by atoms with E-state index < -0.39 is 0 Å². The molecule has 4 nitrogen and oxygen atoms in total. The molecule has 0 saturated heterocycles. The predicted molar refractivity (Wildman–Crippen MR) is 55.5 cm³/mol. The molecule has 1 heterocycles. The van der Waals surface area contributed by atoms with Crippen molar-refractivity contribution in [3.8, 4) is 0 Å². The van der Waals surface area contributed by atoms with Gasteiger partial charge in [0.2, 0.25) is 0 Å². The maximum atomic E-state index is 11.4. The molecule has 1 aromatic heterocycles. The molecular formula is C11H10N2O2. The quantitative estimate of drug-likeness (QED) is 0.697. The Kier molecular flexibility index (Phi) is 2.58. The van der Waals surface area contributed by atoms with E-state index in [-0.39, 0.29) is 5.97 Å². The van der Waals surface area contributed by atoms with Gasteiger partial charge in [-0.05, 0) is 25.1 Å². The number of rotatable bonds is 2. The smallest absolute Gasteiger partial charge is 0.338 e. The van der Waals surface area contributed by atoms with Crippen LogP contribution in [0.25, 0.3) is 11.0 Å². The molecule has 0 unspecified atom stereocenters. The van der Waals surface area contributed by atoms with Crippen LogP contribution in [-0.2, 0) is 4.74 Å². The van der Waals surface area contributed by atoms with E-state index in [4.69, 9.17) is 4.74 Å². The Bertz CT molecular complexity index is 497. The highest BCUT2D eigenvalue weighted by Gasteiger charge is 2.07. The largest absolute Gasteiger partial charge is 0.462 e. The molecule has 0 saturated carbocycles. The normalized spacial score (nSPS) is 10.2. The van der Waals surface area contributed by atoms with Gasteiger partial charge >= 0.3 is 5.97 Å². The van der Waals surface area contributed by atoms with Crippen molar-refractivity contribution in [2.75, 3.05) is 6.61 Å². The van der Waals surface area contributed by atoms with Crippen LogP contribution in [0.1, 0.15) is 17.3 Å². The number of carbonyl (C=O) groups excluding carboxylic acids is 1. The third-order valence-electron chi connectivity index (χ3n) is 1.98. The van der Waals surface area contributed by atoms with Crippen LogP contribution in [0.3, 0.4) is 0 Å². The summed E-state index contributed by atoms with van der Waals surface area (Å²) in [5.41, 5.74) is 1.97. The van der Waals surface area contributed by atoms with Gasteiger partial charge in [0.1, 0.15) is 0 Å². The topological polar surface area (TPSA) is 52.1 Å². The van der Waals surface area contributed by atoms with Gasteiger partial charge in [0.05, 0.1) is 23.2 Å². The van der Waals surface area contributed by atoms with Crippen LogP contribution in [-0.4, -0.2) is 22.5 Å². The standard InChI is InChI=1S/C11H10N2O2/c1-2-15-11(14)8-3-4-9-10(7-8)13-6-5-12-9/h3-7H,2H2,1H3. The van der Waals surface area contributed by atoms with Gasteiger partial charge in [-0.3, -0.25) is 9.97 Å². The number of hydrogen-bond donors (Lipinski definition) is 0. The summed E-state index contributed by atoms with van der Waals surface area (Å²) in [6.45, 7) is 2.15. The minimum atomic E-state index is -0.329. The Balaban J connectivity index is 2.42. The minimum Gasteiger partial charge on any atom is -0.462 e. The van der Waals surface area contributed by atoms with Gasteiger partial charge in [-0.25, -0.2) is 4.79 Å². The van der Waals surface area contributed by atoms with E-state index in [9.17, 15) is 4.79 Å². The van der Waals surface area contributed by atoms with Gasteiger partial charge in [0, 0.05) is 12.4 Å². The first-order valence-electron chi connectivity index (χ1n) is 4.69. The van der Waals surface area contributed by atoms with Crippen LogP contribution < -0.4 is 0 Å². The first-order valence-corrected chi connectivity index (χ1v) is 4.69. The molecule has 2 aromatic rings. The van der Waals surface area contributed by atoms with E-state index in [1.165, 1.54) is 0 Å². The molecule has 76 valence electrons. The Labute approximate surface area is 86.9 Å². The molecule has 1 aromatic carbocycles. The molecule has 0 amide bonds. The SMILES string of the molecule is CCOC(=O)c1ccc2nccnc2c1. The number of benzene rings is 1. The second kappa shape index (κ2) is 4.04. The van der Waals surface area contributed by atoms with Gasteiger partial charge in [-0.1, -0.05) is 0 Å². The summed E-state index contributed by atoms with van der Waals surface area (Å²) in [7, 11) is 0. The van der Waals surface area contributed by atoms with Gasteiger partial charge in [0.15, 0.2) is 0 Å². The summed E-state index contributed by atoms with van der Waals surface area (Å²) in [5.74, 6) is -0.329. The molecule has 4 heteroatoms. The fourth-order valence-corrected chi connectivity index (χ4v) is 1.30. The first-order chi connectivity index (χ1) is 7.31. The lowest BCUT2D eigenvalue weighted by Crippen LogP contribution is -2.04. The van der Waals surface area contributed by atoms with Crippen LogP contribution in [0.5, 0.6) is 0 Å². The predicted octanol–water partition coefficient (Wildman–Crippen LogP) is 1.81. The Morgan fingerprint density at radius 2 is 2.00 bits per heavy atom. The molecule has 0 spiro atoms. The Hall–Kier alpha value is -1.97. The minimum absolute atomic E-state index is 0.329. The van der Waals surface area contributed by atoms with E-state index in [1.54, 1.807) is 37.5 Å². The average molecular weight is 202 g/mol. The van der Waals surface area contributed by atoms with Crippen molar-refractivity contribution < 1.29 is 9.53 Å². The Morgan fingerprint density at radius 1 is 1.27 bits per heavy atom. The molecule has 0 N–H and O–H groups in total. The van der Waals surface area contributed by atoms with Crippen LogP contribution >= 0.6 is 0 Å². The van der Waals surface area contributed by atoms with Gasteiger partial charge in [-0.15, -0.1) is 0 Å². The average Bonchev–Trinajstić information content (AvgIpc) is 2.29. The third kappa shape index (κ3) is 1.93. The number of nitrogens with zero attached hydrogens (tertiary/aromatic N) is 2. The molecule has 0 atom stereocenters. The zero-order chi connectivity index (χ0) is 10.7. The number of aromatic nitrogens is 2. The van der Waals surface area contributed by atoms with Crippen LogP contribution in [0, 0.1) is 0 Å². The number of fused-ring (bicyclic) bond motifs is 1. The highest BCUT2D eigenvalue weighted by Crippen LogP contribution is 2.11. The molecule has 0 radical (unpaired) electrons. The summed E-state index contributed by atoms with van der Waals surface area (Å²) in [4.78, 5) is 19.6. The molecule has 2 rings (SSSR count). The van der Waals surface area contributed by atoms with Gasteiger partial charge in [-0.2, -0.15) is 0 Å². The molecule has 0 fully saturated rings. The van der Waals surface area contributed by atoms with Crippen LogP contribution in [0.2, 0.25) is 0 Å². The number of esters is 1. The maximum absolute atomic E-state index is 11.4. The second-order valence-corrected chi connectivity index (χ2v) is 2.98. The van der Waals surface area contributed by atoms with Crippen molar-refractivity contribution in [3.05, 3.63) is 36.2 Å². The molecule has 0 aliphatic heterocycles. The summed E-state index contributed by atoms with van der Waals surface area (Å²) in [6.07, 6.45) is 3.21. The third-order valence-corrected chi connectivity index (χ3v) is 1.98. The monoisotopic (exact) mass is 202 g/mol. The van der Waals surface area contributed by atoms with Crippen molar-refractivity contribution in [3.63, 3.8) is 0 Å². The summed E-state index contributed by atoms with van der Waals surface area (Å²) < 4.78 is 4.89. The summed E-state index contributed by atoms with van der Waals surface area (Å²) >= 11 is 0. The number of ether oxygens (including phenoxy) is 1. The molecule has 15 heavy (non-hydrogen) atoms. The van der Waals surface area contributed by atoms with Crippen LogP contribution in [0.15, 0.2) is 30.6 Å². The van der Waals surface area contributed by atoms with Gasteiger partial charge in [0.25, 0.3) is 0 Å². The van der Waals surface area contributed by atoms with E-state index >= 15 is 0 Å². The fourth-order valence-electron chi connectivity index (χ4n) is 1.30. The van der Waals surface area contributed by atoms with Crippen molar-refractivity contribution in [2.24, 2.45) is 0 Å².